The van der Waals surface area contributed by atoms with Crippen LogP contribution in [0.5, 0.6) is 0 Å². The van der Waals surface area contributed by atoms with Crippen LogP contribution < -0.4 is 5.73 Å². The lowest BCUT2D eigenvalue weighted by Gasteiger charge is -2.27. The van der Waals surface area contributed by atoms with E-state index < -0.39 is 10.0 Å². The Balaban J connectivity index is 2.44. The normalized spacial score (nSPS) is 17.5. The first-order valence-electron chi connectivity index (χ1n) is 6.11. The molecule has 1 atom stereocenters. The number of benzene rings is 1. The van der Waals surface area contributed by atoms with E-state index in [1.807, 2.05) is 0 Å². The lowest BCUT2D eigenvalue weighted by atomic mass is 10.2. The van der Waals surface area contributed by atoms with Crippen molar-refractivity contribution < 1.29 is 8.42 Å². The third-order valence-electron chi connectivity index (χ3n) is 3.47. The number of hydrogen-bond donors (Lipinski definition) is 1. The molecule has 2 rings (SSSR count). The van der Waals surface area contributed by atoms with Crippen LogP contribution in [0.3, 0.4) is 0 Å². The van der Waals surface area contributed by atoms with Crippen molar-refractivity contribution in [1.29, 1.82) is 0 Å². The molecule has 1 aliphatic carbocycles. The van der Waals surface area contributed by atoms with Crippen molar-refractivity contribution in [2.24, 2.45) is 11.7 Å². The number of rotatable bonds is 5. The maximum atomic E-state index is 12.7. The minimum Gasteiger partial charge on any atom is -0.329 e. The van der Waals surface area contributed by atoms with Gasteiger partial charge in [-0.25, -0.2) is 8.42 Å². The van der Waals surface area contributed by atoms with Crippen LogP contribution in [0.4, 0.5) is 0 Å². The van der Waals surface area contributed by atoms with Gasteiger partial charge in [0.1, 0.15) is 4.90 Å². The van der Waals surface area contributed by atoms with Crippen LogP contribution in [0.15, 0.2) is 21.5 Å². The van der Waals surface area contributed by atoms with Gasteiger partial charge < -0.3 is 5.73 Å². The Hall–Kier alpha value is 0.150. The minimum absolute atomic E-state index is 0.0642. The monoisotopic (exact) mass is 400 g/mol. The van der Waals surface area contributed by atoms with Crippen molar-refractivity contribution in [3.05, 3.63) is 26.7 Å². The number of hydrogen-bond acceptors (Lipinski definition) is 3. The number of likely N-dealkylation sites (N-methyl/N-ethyl adjacent to an activating group) is 1. The average Bonchev–Trinajstić information content (AvgIpc) is 3.12. The molecule has 1 aromatic rings. The van der Waals surface area contributed by atoms with E-state index in [0.29, 0.717) is 10.4 Å². The lowest BCUT2D eigenvalue weighted by Crippen LogP contribution is -2.43. The molecule has 0 amide bonds. The second-order valence-electron chi connectivity index (χ2n) is 4.86. The van der Waals surface area contributed by atoms with E-state index in [1.54, 1.807) is 0 Å². The average molecular weight is 402 g/mol. The lowest BCUT2D eigenvalue weighted by molar-refractivity contribution is 0.340. The molecule has 20 heavy (non-hydrogen) atoms. The molecule has 0 aliphatic heterocycles. The highest BCUT2D eigenvalue weighted by Gasteiger charge is 2.39. The molecule has 1 saturated carbocycles. The highest BCUT2D eigenvalue weighted by Crippen LogP contribution is 2.39. The molecule has 1 aromatic carbocycles. The van der Waals surface area contributed by atoms with Gasteiger partial charge >= 0.3 is 0 Å². The van der Waals surface area contributed by atoms with Crippen molar-refractivity contribution in [3.63, 3.8) is 0 Å². The number of nitrogens with zero attached hydrogens (tertiary/aromatic N) is 1. The van der Waals surface area contributed by atoms with E-state index in [2.05, 4.69) is 15.9 Å². The zero-order valence-electron chi connectivity index (χ0n) is 10.8. The van der Waals surface area contributed by atoms with E-state index in [0.717, 1.165) is 12.8 Å². The Morgan fingerprint density at radius 2 is 1.90 bits per heavy atom. The summed E-state index contributed by atoms with van der Waals surface area (Å²) in [5, 5.41) is 0.200. The van der Waals surface area contributed by atoms with Crippen molar-refractivity contribution >= 4 is 49.2 Å². The summed E-state index contributed by atoms with van der Waals surface area (Å²) in [6, 6.07) is 2.82. The van der Waals surface area contributed by atoms with Gasteiger partial charge in [0, 0.05) is 24.1 Å². The van der Waals surface area contributed by atoms with Crippen molar-refractivity contribution in [1.82, 2.24) is 4.31 Å². The fraction of sp³-hybridized carbons (Fsp3) is 0.500. The summed E-state index contributed by atoms with van der Waals surface area (Å²) in [5.41, 5.74) is 5.71. The van der Waals surface area contributed by atoms with Crippen LogP contribution in [0.1, 0.15) is 12.8 Å². The van der Waals surface area contributed by atoms with Crippen LogP contribution in [-0.2, 0) is 10.0 Å². The first kappa shape index (κ1) is 16.5. The van der Waals surface area contributed by atoms with E-state index in [-0.39, 0.29) is 27.5 Å². The highest BCUT2D eigenvalue weighted by molar-refractivity contribution is 9.10. The molecule has 112 valence electrons. The second-order valence-corrected chi connectivity index (χ2v) is 8.52. The maximum absolute atomic E-state index is 12.7. The molecule has 1 unspecified atom stereocenters. The van der Waals surface area contributed by atoms with Crippen LogP contribution >= 0.6 is 39.1 Å². The largest absolute Gasteiger partial charge is 0.329 e. The molecule has 0 aromatic heterocycles. The van der Waals surface area contributed by atoms with Crippen molar-refractivity contribution in [3.8, 4) is 0 Å². The molecule has 0 saturated heterocycles. The Bertz CT molecular complexity index is 597. The van der Waals surface area contributed by atoms with Gasteiger partial charge in [-0.15, -0.1) is 0 Å². The Labute approximate surface area is 137 Å². The summed E-state index contributed by atoms with van der Waals surface area (Å²) < 4.78 is 27.3. The third kappa shape index (κ3) is 3.15. The standard InChI is InChI=1S/C12H15BrCl2N2O2S/c1-17(11(6-16)7-2-3-7)20(18,19)12-9(14)4-8(13)5-10(12)15/h4-5,7,11H,2-3,6,16H2,1H3. The van der Waals surface area contributed by atoms with Gasteiger partial charge in [0.05, 0.1) is 10.0 Å². The first-order chi connectivity index (χ1) is 9.28. The summed E-state index contributed by atoms with van der Waals surface area (Å²) in [4.78, 5) is -0.0642. The van der Waals surface area contributed by atoms with E-state index in [9.17, 15) is 8.42 Å². The smallest absolute Gasteiger partial charge is 0.246 e. The summed E-state index contributed by atoms with van der Waals surface area (Å²) in [6.07, 6.45) is 2.01. The summed E-state index contributed by atoms with van der Waals surface area (Å²) in [7, 11) is -2.24. The van der Waals surface area contributed by atoms with Gasteiger partial charge in [-0.1, -0.05) is 39.1 Å². The van der Waals surface area contributed by atoms with Gasteiger partial charge in [-0.3, -0.25) is 0 Å². The summed E-state index contributed by atoms with van der Waals surface area (Å²) in [6.45, 7) is 0.284. The molecule has 0 spiro atoms. The maximum Gasteiger partial charge on any atom is 0.246 e. The molecule has 0 heterocycles. The third-order valence-corrected chi connectivity index (χ3v) is 6.74. The molecule has 0 radical (unpaired) electrons. The number of halogens is 3. The molecule has 8 heteroatoms. The quantitative estimate of drug-likeness (QED) is 0.824. The summed E-state index contributed by atoms with van der Waals surface area (Å²) >= 11 is 15.3. The van der Waals surface area contributed by atoms with Gasteiger partial charge in [0.2, 0.25) is 10.0 Å². The fourth-order valence-electron chi connectivity index (χ4n) is 2.22. The van der Waals surface area contributed by atoms with Crippen molar-refractivity contribution in [2.75, 3.05) is 13.6 Å². The van der Waals surface area contributed by atoms with Gasteiger partial charge in [0.25, 0.3) is 0 Å². The highest BCUT2D eigenvalue weighted by atomic mass is 79.9. The molecule has 0 bridgehead atoms. The van der Waals surface area contributed by atoms with Gasteiger partial charge in [0.15, 0.2) is 0 Å². The molecule has 4 nitrogen and oxygen atoms in total. The minimum atomic E-state index is -3.76. The molecular formula is C12H15BrCl2N2O2S. The van der Waals surface area contributed by atoms with Crippen molar-refractivity contribution in [2.45, 2.75) is 23.8 Å². The van der Waals surface area contributed by atoms with Crippen LogP contribution in [-0.4, -0.2) is 32.4 Å². The predicted molar refractivity (Wildman–Crippen MR) is 84.7 cm³/mol. The van der Waals surface area contributed by atoms with Crippen LogP contribution in [0.25, 0.3) is 0 Å². The fourth-order valence-corrected chi connectivity index (χ4v) is 5.52. The Morgan fingerprint density at radius 1 is 1.40 bits per heavy atom. The van der Waals surface area contributed by atoms with Crippen LogP contribution in [0.2, 0.25) is 10.0 Å². The van der Waals surface area contributed by atoms with Gasteiger partial charge in [-0.05, 0) is 30.9 Å². The van der Waals surface area contributed by atoms with E-state index in [4.69, 9.17) is 28.9 Å². The Morgan fingerprint density at radius 3 is 2.30 bits per heavy atom. The molecule has 1 fully saturated rings. The van der Waals surface area contributed by atoms with Gasteiger partial charge in [-0.2, -0.15) is 4.31 Å². The Kier molecular flexibility index (Phi) is 5.04. The topological polar surface area (TPSA) is 63.4 Å². The molecule has 2 N–H and O–H groups in total. The molecular weight excluding hydrogens is 387 g/mol. The number of nitrogens with two attached hydrogens (primary N) is 1. The molecule has 1 aliphatic rings. The zero-order valence-corrected chi connectivity index (χ0v) is 14.7. The van der Waals surface area contributed by atoms with E-state index >= 15 is 0 Å². The zero-order chi connectivity index (χ0) is 15.1. The van der Waals surface area contributed by atoms with Crippen LogP contribution in [0, 0.1) is 5.92 Å². The first-order valence-corrected chi connectivity index (χ1v) is 9.10. The second kappa shape index (κ2) is 6.10. The predicted octanol–water partition coefficient (Wildman–Crippen LogP) is 3.11. The number of sulfonamides is 1. The SMILES string of the molecule is CN(C(CN)C1CC1)S(=O)(=O)c1c(Cl)cc(Br)cc1Cl. The summed E-state index contributed by atoms with van der Waals surface area (Å²) in [5.74, 6) is 0.327. The van der Waals surface area contributed by atoms with E-state index in [1.165, 1.54) is 23.5 Å².